The van der Waals surface area contributed by atoms with Gasteiger partial charge >= 0.3 is 0 Å². The van der Waals surface area contributed by atoms with E-state index in [1.165, 1.54) is 12.0 Å². The van der Waals surface area contributed by atoms with E-state index in [0.29, 0.717) is 5.92 Å². The van der Waals surface area contributed by atoms with Gasteiger partial charge < -0.3 is 10.2 Å². The van der Waals surface area contributed by atoms with Gasteiger partial charge in [0.25, 0.3) is 0 Å². The molecule has 0 spiro atoms. The van der Waals surface area contributed by atoms with Crippen LogP contribution in [0.25, 0.3) is 0 Å². The Labute approximate surface area is 85.6 Å². The number of aliphatic hydroxyl groups excluding tert-OH is 1. The van der Waals surface area contributed by atoms with Gasteiger partial charge in [-0.1, -0.05) is 6.08 Å². The van der Waals surface area contributed by atoms with E-state index in [4.69, 9.17) is 5.11 Å². The molecule has 2 aliphatic rings. The van der Waals surface area contributed by atoms with E-state index < -0.39 is 5.60 Å². The third-order valence-electron chi connectivity index (χ3n) is 3.86. The summed E-state index contributed by atoms with van der Waals surface area (Å²) in [6.07, 6.45) is 9.46. The van der Waals surface area contributed by atoms with Crippen molar-refractivity contribution in [3.63, 3.8) is 0 Å². The smallest absolute Gasteiger partial charge is 0.0885 e. The number of hydrogen-bond acceptors (Lipinski definition) is 2. The zero-order valence-corrected chi connectivity index (χ0v) is 8.71. The van der Waals surface area contributed by atoms with Crippen molar-refractivity contribution in [3.8, 4) is 0 Å². The molecular formula is C12H20O2. The van der Waals surface area contributed by atoms with Crippen LogP contribution in [0.1, 0.15) is 44.9 Å². The zero-order chi connectivity index (χ0) is 10.0. The number of allylic oxidation sites excluding steroid dienone is 1. The third kappa shape index (κ3) is 1.61. The highest BCUT2D eigenvalue weighted by Crippen LogP contribution is 2.45. The molecule has 0 saturated heterocycles. The molecule has 2 heteroatoms. The lowest BCUT2D eigenvalue weighted by Crippen LogP contribution is -2.35. The predicted octanol–water partition coefficient (Wildman–Crippen LogP) is 2.01. The fourth-order valence-electron chi connectivity index (χ4n) is 3.09. The first-order chi connectivity index (χ1) is 6.77. The van der Waals surface area contributed by atoms with Crippen molar-refractivity contribution >= 4 is 0 Å². The van der Waals surface area contributed by atoms with Gasteiger partial charge in [0, 0.05) is 6.61 Å². The highest BCUT2D eigenvalue weighted by molar-refractivity contribution is 5.23. The summed E-state index contributed by atoms with van der Waals surface area (Å²) in [7, 11) is 0. The van der Waals surface area contributed by atoms with Gasteiger partial charge in [0.2, 0.25) is 0 Å². The van der Waals surface area contributed by atoms with Crippen molar-refractivity contribution in [1.82, 2.24) is 0 Å². The largest absolute Gasteiger partial charge is 0.396 e. The molecule has 80 valence electrons. The Bertz CT molecular complexity index is 234. The van der Waals surface area contributed by atoms with Crippen molar-refractivity contribution in [2.75, 3.05) is 6.61 Å². The molecule has 14 heavy (non-hydrogen) atoms. The molecule has 0 bridgehead atoms. The Kier molecular flexibility index (Phi) is 2.93. The molecule has 0 aliphatic heterocycles. The summed E-state index contributed by atoms with van der Waals surface area (Å²) >= 11 is 0. The molecule has 2 atom stereocenters. The quantitative estimate of drug-likeness (QED) is 0.678. The highest BCUT2D eigenvalue weighted by atomic mass is 16.3. The van der Waals surface area contributed by atoms with Gasteiger partial charge in [0.05, 0.1) is 5.60 Å². The summed E-state index contributed by atoms with van der Waals surface area (Å²) in [6.45, 7) is 0.209. The summed E-state index contributed by atoms with van der Waals surface area (Å²) in [5.41, 5.74) is 0.702. The van der Waals surface area contributed by atoms with E-state index in [-0.39, 0.29) is 6.61 Å². The van der Waals surface area contributed by atoms with Crippen molar-refractivity contribution in [2.45, 2.75) is 50.5 Å². The van der Waals surface area contributed by atoms with Gasteiger partial charge in [0.1, 0.15) is 0 Å². The summed E-state index contributed by atoms with van der Waals surface area (Å²) in [5.74, 6) is 0.303. The SMILES string of the molecule is OCCC1CCCC1(O)C1=CCCC1. The minimum atomic E-state index is -0.556. The second-order valence-corrected chi connectivity index (χ2v) is 4.65. The molecule has 2 rings (SSSR count). The molecule has 0 aromatic rings. The zero-order valence-electron chi connectivity index (χ0n) is 8.71. The summed E-state index contributed by atoms with van der Waals surface area (Å²) < 4.78 is 0. The van der Waals surface area contributed by atoms with E-state index in [2.05, 4.69) is 6.08 Å². The molecular weight excluding hydrogens is 176 g/mol. The van der Waals surface area contributed by atoms with Crippen LogP contribution in [0.15, 0.2) is 11.6 Å². The Morgan fingerprint density at radius 1 is 1.43 bits per heavy atom. The second kappa shape index (κ2) is 4.03. The minimum absolute atomic E-state index is 0.209. The second-order valence-electron chi connectivity index (χ2n) is 4.65. The van der Waals surface area contributed by atoms with Gasteiger partial charge in [-0.15, -0.1) is 0 Å². The maximum Gasteiger partial charge on any atom is 0.0885 e. The average molecular weight is 196 g/mol. The van der Waals surface area contributed by atoms with Crippen molar-refractivity contribution in [2.24, 2.45) is 5.92 Å². The molecule has 0 aromatic heterocycles. The maximum atomic E-state index is 10.6. The molecule has 2 N–H and O–H groups in total. The fraction of sp³-hybridized carbons (Fsp3) is 0.833. The van der Waals surface area contributed by atoms with Crippen LogP contribution in [0.4, 0.5) is 0 Å². The molecule has 1 fully saturated rings. The first-order valence-electron chi connectivity index (χ1n) is 5.80. The lowest BCUT2D eigenvalue weighted by molar-refractivity contribution is 0.0263. The van der Waals surface area contributed by atoms with Crippen LogP contribution in [0.5, 0.6) is 0 Å². The highest BCUT2D eigenvalue weighted by Gasteiger charge is 2.43. The fourth-order valence-corrected chi connectivity index (χ4v) is 3.09. The topological polar surface area (TPSA) is 40.5 Å². The average Bonchev–Trinajstić information content (AvgIpc) is 2.77. The summed E-state index contributed by atoms with van der Waals surface area (Å²) in [5, 5.41) is 19.6. The first kappa shape index (κ1) is 10.2. The Hall–Kier alpha value is -0.340. The molecule has 0 amide bonds. The van der Waals surface area contributed by atoms with Gasteiger partial charge in [-0.25, -0.2) is 0 Å². The van der Waals surface area contributed by atoms with Crippen LogP contribution >= 0.6 is 0 Å². The molecule has 0 radical (unpaired) electrons. The lowest BCUT2D eigenvalue weighted by atomic mass is 9.81. The maximum absolute atomic E-state index is 10.6. The Morgan fingerprint density at radius 2 is 2.29 bits per heavy atom. The Morgan fingerprint density at radius 3 is 2.93 bits per heavy atom. The lowest BCUT2D eigenvalue weighted by Gasteiger charge is -2.31. The summed E-state index contributed by atoms with van der Waals surface area (Å²) in [4.78, 5) is 0. The molecule has 2 aliphatic carbocycles. The third-order valence-corrected chi connectivity index (χ3v) is 3.86. The van der Waals surface area contributed by atoms with Crippen molar-refractivity contribution in [1.29, 1.82) is 0 Å². The first-order valence-corrected chi connectivity index (χ1v) is 5.80. The van der Waals surface area contributed by atoms with Gasteiger partial charge in [-0.3, -0.25) is 0 Å². The molecule has 0 aromatic carbocycles. The van der Waals surface area contributed by atoms with Crippen LogP contribution in [-0.2, 0) is 0 Å². The number of aliphatic hydroxyl groups is 2. The van der Waals surface area contributed by atoms with Gasteiger partial charge in [0.15, 0.2) is 0 Å². The molecule has 2 nitrogen and oxygen atoms in total. The van der Waals surface area contributed by atoms with Crippen LogP contribution < -0.4 is 0 Å². The van der Waals surface area contributed by atoms with Crippen molar-refractivity contribution in [3.05, 3.63) is 11.6 Å². The van der Waals surface area contributed by atoms with Crippen LogP contribution in [0.2, 0.25) is 0 Å². The molecule has 2 unspecified atom stereocenters. The van der Waals surface area contributed by atoms with E-state index in [9.17, 15) is 5.11 Å². The number of hydrogen-bond donors (Lipinski definition) is 2. The van der Waals surface area contributed by atoms with Crippen LogP contribution in [0.3, 0.4) is 0 Å². The molecule has 0 heterocycles. The van der Waals surface area contributed by atoms with E-state index in [0.717, 1.165) is 38.5 Å². The van der Waals surface area contributed by atoms with Crippen LogP contribution in [0, 0.1) is 5.92 Å². The van der Waals surface area contributed by atoms with Crippen LogP contribution in [-0.4, -0.2) is 22.4 Å². The van der Waals surface area contributed by atoms with Gasteiger partial charge in [-0.2, -0.15) is 0 Å². The van der Waals surface area contributed by atoms with Gasteiger partial charge in [-0.05, 0) is 56.4 Å². The summed E-state index contributed by atoms with van der Waals surface area (Å²) in [6, 6.07) is 0. The normalized spacial score (nSPS) is 37.6. The monoisotopic (exact) mass is 196 g/mol. The minimum Gasteiger partial charge on any atom is -0.396 e. The standard InChI is InChI=1S/C12H20O2/c13-9-7-11-6-3-8-12(11,14)10-4-1-2-5-10/h4,11,13-14H,1-3,5-9H2. The predicted molar refractivity (Wildman–Crippen MR) is 55.9 cm³/mol. The van der Waals surface area contributed by atoms with E-state index in [1.807, 2.05) is 0 Å². The Balaban J connectivity index is 2.11. The van der Waals surface area contributed by atoms with Crippen molar-refractivity contribution < 1.29 is 10.2 Å². The number of rotatable bonds is 3. The van der Waals surface area contributed by atoms with E-state index >= 15 is 0 Å². The van der Waals surface area contributed by atoms with E-state index in [1.54, 1.807) is 0 Å². The molecule has 1 saturated carbocycles.